The molecule has 0 aliphatic heterocycles. The highest BCUT2D eigenvalue weighted by Gasteiger charge is 2.25. The third-order valence-electron chi connectivity index (χ3n) is 3.66. The van der Waals surface area contributed by atoms with Crippen LogP contribution in [0, 0.1) is 23.2 Å². The second-order valence-corrected chi connectivity index (χ2v) is 4.98. The van der Waals surface area contributed by atoms with E-state index in [0.717, 1.165) is 32.2 Å². The molecular weight excluding hydrogens is 242 g/mol. The summed E-state index contributed by atoms with van der Waals surface area (Å²) in [6.45, 7) is 0.786. The molecule has 1 saturated carbocycles. The molecule has 5 nitrogen and oxygen atoms in total. The van der Waals surface area contributed by atoms with E-state index in [0.29, 0.717) is 17.3 Å². The Labute approximate surface area is 112 Å². The molecule has 0 atom stereocenters. The van der Waals surface area contributed by atoms with Crippen molar-refractivity contribution in [3.8, 4) is 6.07 Å². The van der Waals surface area contributed by atoms with Crippen molar-refractivity contribution in [2.24, 2.45) is 11.8 Å². The molecular formula is C14H17N3O2. The zero-order chi connectivity index (χ0) is 13.7. The van der Waals surface area contributed by atoms with Crippen LogP contribution >= 0.6 is 0 Å². The summed E-state index contributed by atoms with van der Waals surface area (Å²) in [5.74, 6) is 0.355. The van der Waals surface area contributed by atoms with Crippen LogP contribution in [0.25, 0.3) is 0 Å². The Morgan fingerprint density at radius 1 is 1.47 bits per heavy atom. The highest BCUT2D eigenvalue weighted by Crippen LogP contribution is 2.29. The first-order valence-electron chi connectivity index (χ1n) is 6.52. The van der Waals surface area contributed by atoms with E-state index >= 15 is 0 Å². The number of aromatic nitrogens is 1. The van der Waals surface area contributed by atoms with Crippen molar-refractivity contribution in [3.05, 3.63) is 23.9 Å². The first-order chi connectivity index (χ1) is 9.19. The number of carboxylic acid groups (broad SMARTS) is 1. The number of nitrogens with one attached hydrogen (secondary N) is 1. The van der Waals surface area contributed by atoms with Gasteiger partial charge >= 0.3 is 5.97 Å². The molecule has 100 valence electrons. The number of pyridine rings is 1. The van der Waals surface area contributed by atoms with Crippen LogP contribution in [0.2, 0.25) is 0 Å². The van der Waals surface area contributed by atoms with E-state index < -0.39 is 5.97 Å². The Morgan fingerprint density at radius 3 is 2.84 bits per heavy atom. The highest BCUT2D eigenvalue weighted by molar-refractivity contribution is 5.70. The molecule has 2 N–H and O–H groups in total. The first-order valence-corrected chi connectivity index (χ1v) is 6.52. The monoisotopic (exact) mass is 259 g/mol. The van der Waals surface area contributed by atoms with Gasteiger partial charge in [-0.2, -0.15) is 5.26 Å². The molecule has 1 aromatic heterocycles. The molecule has 0 aromatic carbocycles. The van der Waals surface area contributed by atoms with Gasteiger partial charge in [-0.3, -0.25) is 4.79 Å². The summed E-state index contributed by atoms with van der Waals surface area (Å²) in [6, 6.07) is 5.47. The van der Waals surface area contributed by atoms with Crippen LogP contribution in [0.3, 0.4) is 0 Å². The summed E-state index contributed by atoms with van der Waals surface area (Å²) in [4.78, 5) is 15.0. The van der Waals surface area contributed by atoms with E-state index in [1.54, 1.807) is 18.3 Å². The van der Waals surface area contributed by atoms with Gasteiger partial charge in [0.2, 0.25) is 0 Å². The highest BCUT2D eigenvalue weighted by atomic mass is 16.4. The van der Waals surface area contributed by atoms with Crippen LogP contribution in [0.15, 0.2) is 18.3 Å². The molecule has 1 aliphatic carbocycles. The lowest BCUT2D eigenvalue weighted by Gasteiger charge is -2.26. The third kappa shape index (κ3) is 3.68. The Kier molecular flexibility index (Phi) is 4.35. The van der Waals surface area contributed by atoms with Crippen LogP contribution in [0.4, 0.5) is 5.82 Å². The molecule has 2 rings (SSSR count). The number of nitrogens with zero attached hydrogens (tertiary/aromatic N) is 2. The number of anilines is 1. The minimum Gasteiger partial charge on any atom is -0.481 e. The Balaban J connectivity index is 1.80. The molecule has 5 heteroatoms. The number of rotatable bonds is 4. The lowest BCUT2D eigenvalue weighted by molar-refractivity contribution is -0.143. The van der Waals surface area contributed by atoms with Crippen molar-refractivity contribution >= 4 is 11.8 Å². The van der Waals surface area contributed by atoms with E-state index in [4.69, 9.17) is 10.4 Å². The maximum atomic E-state index is 10.9. The van der Waals surface area contributed by atoms with Crippen molar-refractivity contribution < 1.29 is 9.90 Å². The fourth-order valence-corrected chi connectivity index (χ4v) is 2.46. The molecule has 0 bridgehead atoms. The molecule has 0 unspecified atom stereocenters. The Hall–Kier alpha value is -2.09. The smallest absolute Gasteiger partial charge is 0.306 e. The summed E-state index contributed by atoms with van der Waals surface area (Å²) < 4.78 is 0. The van der Waals surface area contributed by atoms with Gasteiger partial charge in [-0.05, 0) is 43.7 Å². The molecule has 1 aliphatic rings. The predicted octanol–water partition coefficient (Wildman–Crippen LogP) is 2.26. The maximum Gasteiger partial charge on any atom is 0.306 e. The number of carbonyl (C=O) groups is 1. The van der Waals surface area contributed by atoms with E-state index in [1.807, 2.05) is 0 Å². The maximum absolute atomic E-state index is 10.9. The average molecular weight is 259 g/mol. The summed E-state index contributed by atoms with van der Waals surface area (Å²) in [5, 5.41) is 21.0. The summed E-state index contributed by atoms with van der Waals surface area (Å²) in [7, 11) is 0. The molecule has 0 spiro atoms. The zero-order valence-electron chi connectivity index (χ0n) is 10.7. The van der Waals surface area contributed by atoms with Crippen molar-refractivity contribution in [2.45, 2.75) is 25.7 Å². The van der Waals surface area contributed by atoms with Crippen LogP contribution in [-0.4, -0.2) is 22.6 Å². The van der Waals surface area contributed by atoms with Gasteiger partial charge in [-0.15, -0.1) is 0 Å². The van der Waals surface area contributed by atoms with Gasteiger partial charge in [0.1, 0.15) is 5.82 Å². The van der Waals surface area contributed by atoms with Crippen LogP contribution < -0.4 is 5.32 Å². The topological polar surface area (TPSA) is 86.0 Å². The normalized spacial score (nSPS) is 22.5. The van der Waals surface area contributed by atoms with Crippen LogP contribution in [0.5, 0.6) is 0 Å². The van der Waals surface area contributed by atoms with Crippen molar-refractivity contribution in [3.63, 3.8) is 0 Å². The molecule has 0 radical (unpaired) electrons. The van der Waals surface area contributed by atoms with Gasteiger partial charge in [0, 0.05) is 12.7 Å². The van der Waals surface area contributed by atoms with Gasteiger partial charge in [0.25, 0.3) is 0 Å². The van der Waals surface area contributed by atoms with Crippen molar-refractivity contribution in [1.82, 2.24) is 4.98 Å². The molecule has 0 saturated heterocycles. The lowest BCUT2D eigenvalue weighted by atomic mass is 9.82. The number of hydrogen-bond donors (Lipinski definition) is 2. The fourth-order valence-electron chi connectivity index (χ4n) is 2.46. The number of carboxylic acids is 1. The zero-order valence-corrected chi connectivity index (χ0v) is 10.7. The van der Waals surface area contributed by atoms with Gasteiger partial charge < -0.3 is 10.4 Å². The molecule has 1 heterocycles. The summed E-state index contributed by atoms with van der Waals surface area (Å²) >= 11 is 0. The van der Waals surface area contributed by atoms with Crippen molar-refractivity contribution in [1.29, 1.82) is 5.26 Å². The van der Waals surface area contributed by atoms with E-state index in [1.165, 1.54) is 0 Å². The van der Waals surface area contributed by atoms with Crippen LogP contribution in [0.1, 0.15) is 31.2 Å². The SMILES string of the molecule is N#Cc1ccnc(NCC2CCC(C(=O)O)CC2)c1. The van der Waals surface area contributed by atoms with E-state index in [-0.39, 0.29) is 5.92 Å². The molecule has 19 heavy (non-hydrogen) atoms. The van der Waals surface area contributed by atoms with Crippen molar-refractivity contribution in [2.75, 3.05) is 11.9 Å². The number of nitriles is 1. The quantitative estimate of drug-likeness (QED) is 0.866. The first kappa shape index (κ1) is 13.3. The fraction of sp³-hybridized carbons (Fsp3) is 0.500. The Morgan fingerprint density at radius 2 is 2.21 bits per heavy atom. The van der Waals surface area contributed by atoms with Gasteiger partial charge in [-0.25, -0.2) is 4.98 Å². The van der Waals surface area contributed by atoms with Gasteiger partial charge in [0.15, 0.2) is 0 Å². The second-order valence-electron chi connectivity index (χ2n) is 4.98. The second kappa shape index (κ2) is 6.19. The van der Waals surface area contributed by atoms with E-state index in [2.05, 4.69) is 16.4 Å². The lowest BCUT2D eigenvalue weighted by Crippen LogP contribution is -2.25. The molecule has 1 fully saturated rings. The Bertz CT molecular complexity index is 488. The minimum absolute atomic E-state index is 0.170. The minimum atomic E-state index is -0.671. The third-order valence-corrected chi connectivity index (χ3v) is 3.66. The van der Waals surface area contributed by atoms with E-state index in [9.17, 15) is 4.79 Å². The van der Waals surface area contributed by atoms with Gasteiger partial charge in [-0.1, -0.05) is 0 Å². The summed E-state index contributed by atoms with van der Waals surface area (Å²) in [5.41, 5.74) is 0.590. The van der Waals surface area contributed by atoms with Gasteiger partial charge in [0.05, 0.1) is 17.6 Å². The average Bonchev–Trinajstić information content (AvgIpc) is 2.46. The number of hydrogen-bond acceptors (Lipinski definition) is 4. The largest absolute Gasteiger partial charge is 0.481 e. The molecule has 0 amide bonds. The number of aliphatic carboxylic acids is 1. The molecule has 1 aromatic rings. The standard InChI is InChI=1S/C14H17N3O2/c15-8-11-5-6-16-13(7-11)17-9-10-1-3-12(4-2-10)14(18)19/h5-7,10,12H,1-4,9H2,(H,16,17)(H,18,19). The summed E-state index contributed by atoms with van der Waals surface area (Å²) in [6.07, 6.45) is 4.99. The predicted molar refractivity (Wildman–Crippen MR) is 70.5 cm³/mol. The van der Waals surface area contributed by atoms with Crippen LogP contribution in [-0.2, 0) is 4.79 Å².